The average Bonchev–Trinajstić information content (AvgIpc) is 3.55. The number of hydrogen-bond acceptors (Lipinski definition) is 3. The van der Waals surface area contributed by atoms with Gasteiger partial charge in [-0.05, 0) is 55.5 Å². The summed E-state index contributed by atoms with van der Waals surface area (Å²) >= 11 is 0. The highest BCUT2D eigenvalue weighted by Gasteiger charge is 2.27. The Morgan fingerprint density at radius 1 is 0.970 bits per heavy atom. The Balaban J connectivity index is 1.39. The van der Waals surface area contributed by atoms with Crippen LogP contribution >= 0.6 is 0 Å². The van der Waals surface area contributed by atoms with Gasteiger partial charge in [-0.15, -0.1) is 0 Å². The zero-order chi connectivity index (χ0) is 22.9. The SMILES string of the molecule is O=C(NC1CC1)c1ccc(Cn2cc(C(=O)N[C@H]3CCCC[C@@H]3O)c3c(F)cccc32)cc1. The number of hydrogen-bond donors (Lipinski definition) is 3. The number of aliphatic hydroxyl groups excluding tert-OH is 1. The Morgan fingerprint density at radius 3 is 2.45 bits per heavy atom. The molecule has 0 saturated heterocycles. The van der Waals surface area contributed by atoms with E-state index in [1.165, 1.54) is 6.07 Å². The van der Waals surface area contributed by atoms with Crippen LogP contribution in [0.4, 0.5) is 4.39 Å². The van der Waals surface area contributed by atoms with E-state index in [-0.39, 0.29) is 28.8 Å². The van der Waals surface area contributed by atoms with Gasteiger partial charge in [-0.2, -0.15) is 0 Å². The lowest BCUT2D eigenvalue weighted by Gasteiger charge is -2.28. The first kappa shape index (κ1) is 21.6. The van der Waals surface area contributed by atoms with Crippen molar-refractivity contribution in [1.82, 2.24) is 15.2 Å². The first-order valence-electron chi connectivity index (χ1n) is 11.7. The van der Waals surface area contributed by atoms with Crippen molar-refractivity contribution in [3.63, 3.8) is 0 Å². The number of aliphatic hydroxyl groups is 1. The van der Waals surface area contributed by atoms with Crippen LogP contribution in [0.3, 0.4) is 0 Å². The van der Waals surface area contributed by atoms with Crippen LogP contribution < -0.4 is 10.6 Å². The molecule has 2 atom stereocenters. The number of aromatic nitrogens is 1. The fourth-order valence-electron chi connectivity index (χ4n) is 4.59. The quantitative estimate of drug-likeness (QED) is 0.536. The smallest absolute Gasteiger partial charge is 0.253 e. The van der Waals surface area contributed by atoms with Gasteiger partial charge in [0.1, 0.15) is 5.82 Å². The van der Waals surface area contributed by atoms with Crippen molar-refractivity contribution >= 4 is 22.7 Å². The Labute approximate surface area is 191 Å². The summed E-state index contributed by atoms with van der Waals surface area (Å²) in [5.74, 6) is -0.893. The molecule has 2 saturated carbocycles. The highest BCUT2D eigenvalue weighted by Crippen LogP contribution is 2.27. The number of nitrogens with one attached hydrogen (secondary N) is 2. The molecule has 2 fully saturated rings. The van der Waals surface area contributed by atoms with E-state index in [0.717, 1.165) is 31.2 Å². The van der Waals surface area contributed by atoms with E-state index in [9.17, 15) is 19.1 Å². The van der Waals surface area contributed by atoms with Gasteiger partial charge in [-0.1, -0.05) is 31.0 Å². The largest absolute Gasteiger partial charge is 0.391 e. The monoisotopic (exact) mass is 449 g/mol. The molecule has 2 aliphatic rings. The van der Waals surface area contributed by atoms with Crippen LogP contribution in [0.5, 0.6) is 0 Å². The average molecular weight is 450 g/mol. The zero-order valence-electron chi connectivity index (χ0n) is 18.4. The van der Waals surface area contributed by atoms with E-state index in [0.29, 0.717) is 36.5 Å². The molecule has 2 aliphatic carbocycles. The second kappa shape index (κ2) is 8.98. The maximum absolute atomic E-state index is 14.8. The molecule has 0 bridgehead atoms. The van der Waals surface area contributed by atoms with Gasteiger partial charge in [0.25, 0.3) is 11.8 Å². The molecule has 0 aliphatic heterocycles. The molecule has 0 radical (unpaired) electrons. The molecular formula is C26H28FN3O3. The van der Waals surface area contributed by atoms with Crippen molar-refractivity contribution in [2.24, 2.45) is 0 Å². The molecule has 3 N–H and O–H groups in total. The van der Waals surface area contributed by atoms with E-state index in [2.05, 4.69) is 10.6 Å². The van der Waals surface area contributed by atoms with Crippen LogP contribution in [0.1, 0.15) is 64.8 Å². The van der Waals surface area contributed by atoms with Crippen molar-refractivity contribution in [3.05, 3.63) is 71.2 Å². The number of benzene rings is 2. The second-order valence-corrected chi connectivity index (χ2v) is 9.18. The number of halogens is 1. The third-order valence-corrected chi connectivity index (χ3v) is 6.63. The molecule has 5 rings (SSSR count). The topological polar surface area (TPSA) is 83.4 Å². The third kappa shape index (κ3) is 4.64. The molecule has 3 aromatic rings. The van der Waals surface area contributed by atoms with Crippen LogP contribution in [-0.2, 0) is 6.54 Å². The van der Waals surface area contributed by atoms with E-state index < -0.39 is 11.9 Å². The third-order valence-electron chi connectivity index (χ3n) is 6.63. The zero-order valence-corrected chi connectivity index (χ0v) is 18.4. The Bertz CT molecular complexity index is 1180. The molecule has 7 heteroatoms. The van der Waals surface area contributed by atoms with Crippen molar-refractivity contribution in [2.75, 3.05) is 0 Å². The van der Waals surface area contributed by atoms with Gasteiger partial charge in [0, 0.05) is 29.7 Å². The number of amides is 2. The van der Waals surface area contributed by atoms with Gasteiger partial charge < -0.3 is 20.3 Å². The maximum atomic E-state index is 14.8. The minimum atomic E-state index is -0.573. The van der Waals surface area contributed by atoms with Gasteiger partial charge in [0.05, 0.1) is 23.2 Å². The molecule has 0 unspecified atom stereocenters. The van der Waals surface area contributed by atoms with Crippen LogP contribution in [-0.4, -0.2) is 39.7 Å². The minimum absolute atomic E-state index is 0.0682. The summed E-state index contributed by atoms with van der Waals surface area (Å²) in [6, 6.07) is 12.1. The van der Waals surface area contributed by atoms with Crippen molar-refractivity contribution in [3.8, 4) is 0 Å². The van der Waals surface area contributed by atoms with Crippen LogP contribution in [0.25, 0.3) is 10.9 Å². The molecule has 33 heavy (non-hydrogen) atoms. The van der Waals surface area contributed by atoms with Gasteiger partial charge >= 0.3 is 0 Å². The van der Waals surface area contributed by atoms with E-state index >= 15 is 0 Å². The van der Waals surface area contributed by atoms with Crippen LogP contribution in [0, 0.1) is 5.82 Å². The number of nitrogens with zero attached hydrogens (tertiary/aromatic N) is 1. The van der Waals surface area contributed by atoms with Crippen LogP contribution in [0.15, 0.2) is 48.7 Å². The predicted molar refractivity (Wildman–Crippen MR) is 124 cm³/mol. The molecule has 172 valence electrons. The highest BCUT2D eigenvalue weighted by molar-refractivity contribution is 6.07. The summed E-state index contributed by atoms with van der Waals surface area (Å²) in [4.78, 5) is 25.3. The van der Waals surface area contributed by atoms with E-state index in [1.807, 2.05) is 16.7 Å². The molecular weight excluding hydrogens is 421 g/mol. The normalized spacial score (nSPS) is 20.5. The fourth-order valence-corrected chi connectivity index (χ4v) is 4.59. The summed E-state index contributed by atoms with van der Waals surface area (Å²) in [5.41, 5.74) is 2.44. The van der Waals surface area contributed by atoms with Gasteiger partial charge in [-0.3, -0.25) is 9.59 Å². The first-order valence-corrected chi connectivity index (χ1v) is 11.7. The molecule has 0 spiro atoms. The lowest BCUT2D eigenvalue weighted by Crippen LogP contribution is -2.45. The Kier molecular flexibility index (Phi) is 5.89. The summed E-state index contributed by atoms with van der Waals surface area (Å²) in [5, 5.41) is 16.4. The molecule has 2 aromatic carbocycles. The fraction of sp³-hybridized carbons (Fsp3) is 0.385. The number of rotatable bonds is 6. The second-order valence-electron chi connectivity index (χ2n) is 9.18. The first-order chi connectivity index (χ1) is 16.0. The Hall–Kier alpha value is -3.19. The van der Waals surface area contributed by atoms with E-state index in [1.54, 1.807) is 30.5 Å². The molecule has 2 amide bonds. The Morgan fingerprint density at radius 2 is 1.73 bits per heavy atom. The van der Waals surface area contributed by atoms with Crippen molar-refractivity contribution < 1.29 is 19.1 Å². The summed E-state index contributed by atoms with van der Waals surface area (Å²) in [6.45, 7) is 0.434. The molecule has 1 heterocycles. The van der Waals surface area contributed by atoms with Gasteiger partial charge in [0.2, 0.25) is 0 Å². The van der Waals surface area contributed by atoms with Crippen LogP contribution in [0.2, 0.25) is 0 Å². The maximum Gasteiger partial charge on any atom is 0.253 e. The summed E-state index contributed by atoms with van der Waals surface area (Å²) < 4.78 is 16.6. The van der Waals surface area contributed by atoms with Crippen molar-refractivity contribution in [2.45, 2.75) is 63.3 Å². The standard InChI is InChI=1S/C26H28FN3O3/c27-20-4-3-6-22-24(20)19(26(33)29-21-5-1-2-7-23(21)31)15-30(22)14-16-8-10-17(11-9-16)25(32)28-18-12-13-18/h3-4,6,8-11,15,18,21,23,31H,1-2,5,7,12-14H2,(H,28,32)(H,29,33)/t21-,23-/m0/s1. The lowest BCUT2D eigenvalue weighted by atomic mass is 9.92. The van der Waals surface area contributed by atoms with Gasteiger partial charge in [0.15, 0.2) is 0 Å². The summed E-state index contributed by atoms with van der Waals surface area (Å²) in [7, 11) is 0. The lowest BCUT2D eigenvalue weighted by molar-refractivity contribution is 0.0718. The predicted octanol–water partition coefficient (Wildman–Crippen LogP) is 3.75. The number of carbonyl (C=O) groups excluding carboxylic acids is 2. The number of carbonyl (C=O) groups is 2. The summed E-state index contributed by atoms with van der Waals surface area (Å²) in [6.07, 6.45) is 6.45. The molecule has 1 aromatic heterocycles. The van der Waals surface area contributed by atoms with E-state index in [4.69, 9.17) is 0 Å². The number of fused-ring (bicyclic) bond motifs is 1. The van der Waals surface area contributed by atoms with Gasteiger partial charge in [-0.25, -0.2) is 4.39 Å². The highest BCUT2D eigenvalue weighted by atomic mass is 19.1. The minimum Gasteiger partial charge on any atom is -0.391 e. The molecule has 6 nitrogen and oxygen atoms in total. The van der Waals surface area contributed by atoms with Crippen molar-refractivity contribution in [1.29, 1.82) is 0 Å².